The lowest BCUT2D eigenvalue weighted by Gasteiger charge is -1.93. The quantitative estimate of drug-likeness (QED) is 0.436. The van der Waals surface area contributed by atoms with Gasteiger partial charge in [-0.25, -0.2) is 0 Å². The minimum atomic E-state index is -0.212. The fourth-order valence-electron chi connectivity index (χ4n) is 0.729. The third kappa shape index (κ3) is 4.01. The zero-order valence-corrected chi connectivity index (χ0v) is 6.66. The van der Waals surface area contributed by atoms with Crippen molar-refractivity contribution in [3.8, 4) is 0 Å². The molecule has 1 unspecified atom stereocenters. The van der Waals surface area contributed by atoms with E-state index in [0.717, 1.165) is 5.57 Å². The number of nitroso groups, excluding NO2 is 1. The molecular formula is C8H13NO. The molecule has 0 aromatic carbocycles. The maximum atomic E-state index is 9.93. The van der Waals surface area contributed by atoms with Crippen molar-refractivity contribution in [3.05, 3.63) is 28.7 Å². The van der Waals surface area contributed by atoms with Gasteiger partial charge in [-0.15, -0.1) is 0 Å². The molecule has 0 saturated carbocycles. The first-order valence-corrected chi connectivity index (χ1v) is 3.34. The van der Waals surface area contributed by atoms with Gasteiger partial charge in [-0.2, -0.15) is 4.91 Å². The Kier molecular flexibility index (Phi) is 4.46. The van der Waals surface area contributed by atoms with Crippen molar-refractivity contribution in [1.82, 2.24) is 0 Å². The van der Waals surface area contributed by atoms with Crippen molar-refractivity contribution in [3.63, 3.8) is 0 Å². The molecule has 0 saturated heterocycles. The van der Waals surface area contributed by atoms with E-state index in [0.29, 0.717) is 0 Å². The summed E-state index contributed by atoms with van der Waals surface area (Å²) in [6.07, 6.45) is 5.71. The molecular weight excluding hydrogens is 126 g/mol. The van der Waals surface area contributed by atoms with Gasteiger partial charge in [0, 0.05) is 0 Å². The van der Waals surface area contributed by atoms with Crippen molar-refractivity contribution in [1.29, 1.82) is 0 Å². The molecule has 2 nitrogen and oxygen atoms in total. The van der Waals surface area contributed by atoms with Crippen LogP contribution in [0.25, 0.3) is 0 Å². The van der Waals surface area contributed by atoms with Crippen molar-refractivity contribution >= 4 is 0 Å². The third-order valence-corrected chi connectivity index (χ3v) is 1.10. The highest BCUT2D eigenvalue weighted by atomic mass is 16.3. The summed E-state index contributed by atoms with van der Waals surface area (Å²) in [5, 5.41) is 2.85. The van der Waals surface area contributed by atoms with Gasteiger partial charge in [0.05, 0.1) is 0 Å². The Labute approximate surface area is 61.6 Å². The van der Waals surface area contributed by atoms with Crippen LogP contribution in [0.4, 0.5) is 0 Å². The number of hydrogen-bond acceptors (Lipinski definition) is 2. The van der Waals surface area contributed by atoms with E-state index in [2.05, 4.69) is 5.18 Å². The molecule has 56 valence electrons. The van der Waals surface area contributed by atoms with Gasteiger partial charge in [0.2, 0.25) is 0 Å². The average Bonchev–Trinajstić information content (AvgIpc) is 1.88. The van der Waals surface area contributed by atoms with Gasteiger partial charge in [0.25, 0.3) is 0 Å². The second-order valence-corrected chi connectivity index (χ2v) is 2.26. The van der Waals surface area contributed by atoms with Crippen LogP contribution in [0.1, 0.15) is 20.8 Å². The van der Waals surface area contributed by atoms with Gasteiger partial charge in [-0.1, -0.05) is 29.0 Å². The summed E-state index contributed by atoms with van der Waals surface area (Å²) in [6, 6.07) is -0.212. The Morgan fingerprint density at radius 3 is 2.60 bits per heavy atom. The lowest BCUT2D eigenvalue weighted by molar-refractivity contribution is 0.908. The molecule has 2 heteroatoms. The van der Waals surface area contributed by atoms with Gasteiger partial charge < -0.3 is 0 Å². The van der Waals surface area contributed by atoms with E-state index in [1.807, 2.05) is 32.1 Å². The van der Waals surface area contributed by atoms with Crippen LogP contribution in [-0.4, -0.2) is 6.04 Å². The summed E-state index contributed by atoms with van der Waals surface area (Å²) < 4.78 is 0. The Hall–Kier alpha value is -0.920. The zero-order valence-electron chi connectivity index (χ0n) is 6.66. The predicted octanol–water partition coefficient (Wildman–Crippen LogP) is 2.66. The highest BCUT2D eigenvalue weighted by Crippen LogP contribution is 1.99. The SMILES string of the molecule is C/C=C\C(C)=C/C(C)N=O. The highest BCUT2D eigenvalue weighted by molar-refractivity contribution is 5.17. The Morgan fingerprint density at radius 2 is 2.20 bits per heavy atom. The van der Waals surface area contributed by atoms with Gasteiger partial charge in [-0.05, 0) is 20.8 Å². The number of hydrogen-bond donors (Lipinski definition) is 0. The van der Waals surface area contributed by atoms with Crippen LogP contribution in [0.5, 0.6) is 0 Å². The molecule has 1 atom stereocenters. The predicted molar refractivity (Wildman–Crippen MR) is 43.8 cm³/mol. The Morgan fingerprint density at radius 1 is 1.60 bits per heavy atom. The molecule has 0 radical (unpaired) electrons. The average molecular weight is 139 g/mol. The van der Waals surface area contributed by atoms with E-state index in [-0.39, 0.29) is 6.04 Å². The highest BCUT2D eigenvalue weighted by Gasteiger charge is 1.92. The summed E-state index contributed by atoms with van der Waals surface area (Å²) in [7, 11) is 0. The van der Waals surface area contributed by atoms with E-state index in [1.54, 1.807) is 6.92 Å². The first-order chi connectivity index (χ1) is 4.70. The summed E-state index contributed by atoms with van der Waals surface area (Å²) in [5.41, 5.74) is 1.08. The smallest absolute Gasteiger partial charge is 0.108 e. The van der Waals surface area contributed by atoms with E-state index in [9.17, 15) is 4.91 Å². The minimum absolute atomic E-state index is 0.212. The molecule has 0 bridgehead atoms. The van der Waals surface area contributed by atoms with Crippen LogP contribution in [0.15, 0.2) is 29.0 Å². The fourth-order valence-corrected chi connectivity index (χ4v) is 0.729. The molecule has 0 rings (SSSR count). The zero-order chi connectivity index (χ0) is 7.98. The van der Waals surface area contributed by atoms with Crippen molar-refractivity contribution in [2.45, 2.75) is 26.8 Å². The van der Waals surface area contributed by atoms with Crippen LogP contribution >= 0.6 is 0 Å². The summed E-state index contributed by atoms with van der Waals surface area (Å²) >= 11 is 0. The molecule has 0 spiro atoms. The minimum Gasteiger partial charge on any atom is -0.150 e. The van der Waals surface area contributed by atoms with Crippen molar-refractivity contribution in [2.24, 2.45) is 5.18 Å². The topological polar surface area (TPSA) is 29.4 Å². The molecule has 0 aliphatic rings. The lowest BCUT2D eigenvalue weighted by Crippen LogP contribution is -1.89. The maximum absolute atomic E-state index is 9.93. The van der Waals surface area contributed by atoms with E-state index in [4.69, 9.17) is 0 Å². The van der Waals surface area contributed by atoms with E-state index < -0.39 is 0 Å². The molecule has 0 fully saturated rings. The van der Waals surface area contributed by atoms with Crippen LogP contribution < -0.4 is 0 Å². The number of nitrogens with zero attached hydrogens (tertiary/aromatic N) is 1. The van der Waals surface area contributed by atoms with E-state index >= 15 is 0 Å². The van der Waals surface area contributed by atoms with Crippen LogP contribution in [0.3, 0.4) is 0 Å². The van der Waals surface area contributed by atoms with Crippen LogP contribution in [-0.2, 0) is 0 Å². The van der Waals surface area contributed by atoms with Gasteiger partial charge >= 0.3 is 0 Å². The molecule has 10 heavy (non-hydrogen) atoms. The first-order valence-electron chi connectivity index (χ1n) is 3.34. The van der Waals surface area contributed by atoms with Crippen molar-refractivity contribution < 1.29 is 0 Å². The third-order valence-electron chi connectivity index (χ3n) is 1.10. The largest absolute Gasteiger partial charge is 0.150 e. The fraction of sp³-hybridized carbons (Fsp3) is 0.500. The second kappa shape index (κ2) is 4.91. The van der Waals surface area contributed by atoms with Crippen LogP contribution in [0.2, 0.25) is 0 Å². The molecule has 0 aliphatic carbocycles. The Bertz CT molecular complexity index is 159. The summed E-state index contributed by atoms with van der Waals surface area (Å²) in [6.45, 7) is 5.65. The summed E-state index contributed by atoms with van der Waals surface area (Å²) in [5.74, 6) is 0. The maximum Gasteiger partial charge on any atom is 0.108 e. The standard InChI is InChI=1S/C8H13NO/c1-4-5-7(2)6-8(3)9-10/h4-6,8H,1-3H3/b5-4-,7-6-. The molecule has 0 N–H and O–H groups in total. The molecule has 0 aromatic rings. The first kappa shape index (κ1) is 9.08. The molecule has 0 amide bonds. The van der Waals surface area contributed by atoms with Gasteiger partial charge in [-0.3, -0.25) is 0 Å². The van der Waals surface area contributed by atoms with Gasteiger partial charge in [0.1, 0.15) is 6.04 Å². The van der Waals surface area contributed by atoms with Crippen LogP contribution in [0, 0.1) is 4.91 Å². The molecule has 0 aromatic heterocycles. The molecule has 0 aliphatic heterocycles. The number of rotatable bonds is 3. The second-order valence-electron chi connectivity index (χ2n) is 2.26. The molecule has 0 heterocycles. The van der Waals surface area contributed by atoms with Crippen molar-refractivity contribution in [2.75, 3.05) is 0 Å². The monoisotopic (exact) mass is 139 g/mol. The summed E-state index contributed by atoms with van der Waals surface area (Å²) in [4.78, 5) is 9.93. The number of allylic oxidation sites excluding steroid dienone is 3. The lowest BCUT2D eigenvalue weighted by atomic mass is 10.2. The van der Waals surface area contributed by atoms with Gasteiger partial charge in [0.15, 0.2) is 0 Å². The Balaban J connectivity index is 4.01. The normalized spacial score (nSPS) is 15.7. The van der Waals surface area contributed by atoms with E-state index in [1.165, 1.54) is 0 Å².